The zero-order valence-electron chi connectivity index (χ0n) is 13.1. The van der Waals surface area contributed by atoms with Gasteiger partial charge < -0.3 is 20.1 Å². The molecule has 2 rings (SSSR count). The van der Waals surface area contributed by atoms with Crippen molar-refractivity contribution in [1.29, 1.82) is 0 Å². The molecule has 1 unspecified atom stereocenters. The minimum absolute atomic E-state index is 0.0168. The van der Waals surface area contributed by atoms with Crippen LogP contribution >= 0.6 is 0 Å². The minimum Gasteiger partial charge on any atom is -0.480 e. The molecule has 2 N–H and O–H groups in total. The maximum Gasteiger partial charge on any atom is 0.407 e. The summed E-state index contributed by atoms with van der Waals surface area (Å²) < 4.78 is 10.0. The number of nitrogens with one attached hydrogen (secondary N) is 2. The van der Waals surface area contributed by atoms with E-state index in [1.54, 1.807) is 13.3 Å². The number of carbonyl (C=O) groups is 1. The molecule has 1 atom stereocenters. The van der Waals surface area contributed by atoms with E-state index in [-0.39, 0.29) is 12.6 Å². The van der Waals surface area contributed by atoms with Crippen LogP contribution in [0.15, 0.2) is 12.3 Å². The Labute approximate surface area is 130 Å². The van der Waals surface area contributed by atoms with E-state index in [1.807, 2.05) is 6.07 Å². The molecule has 0 spiro atoms. The van der Waals surface area contributed by atoms with Crippen LogP contribution in [0.5, 0.6) is 5.88 Å². The fourth-order valence-electron chi connectivity index (χ4n) is 1.96. The number of nitrogens with zero attached hydrogens (tertiary/aromatic N) is 1. The Morgan fingerprint density at radius 1 is 1.55 bits per heavy atom. The highest BCUT2D eigenvalue weighted by Gasteiger charge is 2.23. The van der Waals surface area contributed by atoms with Crippen molar-refractivity contribution in [2.45, 2.75) is 31.8 Å². The molecule has 0 radical (unpaired) electrons. The SMILES string of the molecule is CNC(=O)OCC#Cc1cc(C(C)NC2CC2)cnc1OC. The first-order valence-electron chi connectivity index (χ1n) is 7.27. The van der Waals surface area contributed by atoms with E-state index in [0.717, 1.165) is 5.56 Å². The molecule has 1 fully saturated rings. The van der Waals surface area contributed by atoms with Gasteiger partial charge in [0.15, 0.2) is 6.61 Å². The quantitative estimate of drug-likeness (QED) is 0.809. The van der Waals surface area contributed by atoms with Crippen molar-refractivity contribution in [2.75, 3.05) is 20.8 Å². The first kappa shape index (κ1) is 16.1. The van der Waals surface area contributed by atoms with Crippen molar-refractivity contribution >= 4 is 6.09 Å². The molecule has 0 bridgehead atoms. The van der Waals surface area contributed by atoms with Gasteiger partial charge in [0, 0.05) is 25.3 Å². The predicted octanol–water partition coefficient (Wildman–Crippen LogP) is 1.61. The Morgan fingerprint density at radius 3 is 2.95 bits per heavy atom. The van der Waals surface area contributed by atoms with Gasteiger partial charge in [-0.3, -0.25) is 0 Å². The number of pyridine rings is 1. The lowest BCUT2D eigenvalue weighted by Gasteiger charge is -2.14. The maximum absolute atomic E-state index is 11.0. The van der Waals surface area contributed by atoms with Gasteiger partial charge in [-0.25, -0.2) is 9.78 Å². The summed E-state index contributed by atoms with van der Waals surface area (Å²) in [5.74, 6) is 6.19. The highest BCUT2D eigenvalue weighted by molar-refractivity contribution is 5.66. The Bertz CT molecular complexity index is 588. The zero-order chi connectivity index (χ0) is 15.9. The second-order valence-corrected chi connectivity index (χ2v) is 5.12. The smallest absolute Gasteiger partial charge is 0.407 e. The van der Waals surface area contributed by atoms with E-state index in [4.69, 9.17) is 9.47 Å². The van der Waals surface area contributed by atoms with Gasteiger partial charge in [0.05, 0.1) is 12.7 Å². The van der Waals surface area contributed by atoms with Gasteiger partial charge in [-0.05, 0) is 31.4 Å². The highest BCUT2D eigenvalue weighted by Crippen LogP contribution is 2.25. The first-order chi connectivity index (χ1) is 10.6. The van der Waals surface area contributed by atoms with E-state index >= 15 is 0 Å². The summed E-state index contributed by atoms with van der Waals surface area (Å²) in [4.78, 5) is 15.2. The minimum atomic E-state index is -0.504. The molecule has 0 aliphatic heterocycles. The average molecular weight is 303 g/mol. The second kappa shape index (κ2) is 7.66. The summed E-state index contributed by atoms with van der Waals surface area (Å²) in [6.07, 6.45) is 3.76. The number of rotatable bonds is 5. The third-order valence-corrected chi connectivity index (χ3v) is 3.33. The van der Waals surface area contributed by atoms with Crippen LogP contribution in [0.4, 0.5) is 4.79 Å². The highest BCUT2D eigenvalue weighted by atomic mass is 16.5. The lowest BCUT2D eigenvalue weighted by Crippen LogP contribution is -2.21. The van der Waals surface area contributed by atoms with Crippen molar-refractivity contribution in [2.24, 2.45) is 0 Å². The van der Waals surface area contributed by atoms with Crippen LogP contribution in [0.1, 0.15) is 36.9 Å². The molecular formula is C16H21N3O3. The Kier molecular flexibility index (Phi) is 5.61. The fraction of sp³-hybridized carbons (Fsp3) is 0.500. The average Bonchev–Trinajstić information content (AvgIpc) is 3.34. The van der Waals surface area contributed by atoms with Crippen LogP contribution in [0.25, 0.3) is 0 Å². The number of amides is 1. The summed E-state index contributed by atoms with van der Waals surface area (Å²) in [6.45, 7) is 2.12. The van der Waals surface area contributed by atoms with Crippen LogP contribution in [0.3, 0.4) is 0 Å². The Balaban J connectivity index is 2.06. The van der Waals surface area contributed by atoms with Gasteiger partial charge >= 0.3 is 6.09 Å². The molecule has 6 heteroatoms. The number of hydrogen-bond acceptors (Lipinski definition) is 5. The van der Waals surface area contributed by atoms with Crippen LogP contribution in [-0.4, -0.2) is 37.9 Å². The molecule has 6 nitrogen and oxygen atoms in total. The molecule has 1 aromatic heterocycles. The van der Waals surface area contributed by atoms with Crippen LogP contribution in [0, 0.1) is 11.8 Å². The number of alkyl carbamates (subject to hydrolysis) is 1. The molecule has 1 heterocycles. The van der Waals surface area contributed by atoms with E-state index in [0.29, 0.717) is 17.5 Å². The maximum atomic E-state index is 11.0. The second-order valence-electron chi connectivity index (χ2n) is 5.12. The topological polar surface area (TPSA) is 72.5 Å². The van der Waals surface area contributed by atoms with Gasteiger partial charge in [0.25, 0.3) is 0 Å². The van der Waals surface area contributed by atoms with Gasteiger partial charge in [-0.1, -0.05) is 11.8 Å². The number of ether oxygens (including phenoxy) is 2. The van der Waals surface area contributed by atoms with Gasteiger partial charge in [0.2, 0.25) is 5.88 Å². The van der Waals surface area contributed by atoms with Crippen LogP contribution < -0.4 is 15.4 Å². The standard InChI is InChI=1S/C16H21N3O3/c1-11(19-14-6-7-14)13-9-12(15(21-3)18-10-13)5-4-8-22-16(20)17-2/h9-11,14,19H,6-8H2,1-3H3,(H,17,20). The summed E-state index contributed by atoms with van der Waals surface area (Å²) in [7, 11) is 3.06. The largest absolute Gasteiger partial charge is 0.480 e. The zero-order valence-corrected chi connectivity index (χ0v) is 13.1. The lowest BCUT2D eigenvalue weighted by molar-refractivity contribution is 0.162. The van der Waals surface area contributed by atoms with Gasteiger partial charge in [-0.15, -0.1) is 0 Å². The monoisotopic (exact) mass is 303 g/mol. The number of aromatic nitrogens is 1. The molecule has 118 valence electrons. The summed E-state index contributed by atoms with van der Waals surface area (Å²) in [5, 5.41) is 5.88. The molecule has 22 heavy (non-hydrogen) atoms. The van der Waals surface area contributed by atoms with E-state index in [1.165, 1.54) is 19.9 Å². The molecule has 1 aliphatic carbocycles. The summed E-state index contributed by atoms with van der Waals surface area (Å²) in [6, 6.07) is 2.79. The summed E-state index contributed by atoms with van der Waals surface area (Å²) in [5.41, 5.74) is 1.74. The number of methoxy groups -OCH3 is 1. The molecule has 0 saturated heterocycles. The van der Waals surface area contributed by atoms with Gasteiger partial charge in [-0.2, -0.15) is 0 Å². The predicted molar refractivity (Wildman–Crippen MR) is 82.6 cm³/mol. The summed E-state index contributed by atoms with van der Waals surface area (Å²) >= 11 is 0. The number of carbonyl (C=O) groups excluding carboxylic acids is 1. The van der Waals surface area contributed by atoms with Crippen molar-refractivity contribution in [1.82, 2.24) is 15.6 Å². The van der Waals surface area contributed by atoms with Gasteiger partial charge in [0.1, 0.15) is 0 Å². The van der Waals surface area contributed by atoms with E-state index < -0.39 is 6.09 Å². The van der Waals surface area contributed by atoms with Crippen LogP contribution in [0.2, 0.25) is 0 Å². The van der Waals surface area contributed by atoms with Crippen molar-refractivity contribution in [3.05, 3.63) is 23.4 Å². The molecule has 0 aromatic carbocycles. The van der Waals surface area contributed by atoms with E-state index in [2.05, 4.69) is 34.4 Å². The molecule has 1 aromatic rings. The van der Waals surface area contributed by atoms with Crippen molar-refractivity contribution in [3.63, 3.8) is 0 Å². The fourth-order valence-corrected chi connectivity index (χ4v) is 1.96. The molecule has 1 amide bonds. The van der Waals surface area contributed by atoms with Crippen LogP contribution in [-0.2, 0) is 4.74 Å². The third-order valence-electron chi connectivity index (χ3n) is 3.33. The van der Waals surface area contributed by atoms with Crippen molar-refractivity contribution < 1.29 is 14.3 Å². The van der Waals surface area contributed by atoms with Crippen molar-refractivity contribution in [3.8, 4) is 17.7 Å². The molecule has 1 aliphatic rings. The Morgan fingerprint density at radius 2 is 2.32 bits per heavy atom. The molecule has 1 saturated carbocycles. The normalized spacial score (nSPS) is 14.5. The lowest BCUT2D eigenvalue weighted by atomic mass is 10.1. The Hall–Kier alpha value is -2.26. The molecular weight excluding hydrogens is 282 g/mol. The van der Waals surface area contributed by atoms with E-state index in [9.17, 15) is 4.79 Å². The number of hydrogen-bond donors (Lipinski definition) is 2. The first-order valence-corrected chi connectivity index (χ1v) is 7.27. The third kappa shape index (κ3) is 4.64.